The predicted molar refractivity (Wildman–Crippen MR) is 135 cm³/mol. The van der Waals surface area contributed by atoms with E-state index in [4.69, 9.17) is 0 Å². The molecule has 2 bridgehead atoms. The first-order chi connectivity index (χ1) is 16.9. The van der Waals surface area contributed by atoms with Crippen LogP contribution in [0.5, 0.6) is 0 Å². The fraction of sp³-hybridized carbons (Fsp3) is 0.300. The second kappa shape index (κ2) is 8.19. The molecule has 5 atom stereocenters. The number of hydrogen-bond donors (Lipinski definition) is 1. The number of nitrogens with zero attached hydrogens (tertiary/aromatic N) is 1. The molecule has 1 heterocycles. The molecule has 176 valence electrons. The Morgan fingerprint density at radius 1 is 0.829 bits per heavy atom. The zero-order valence-corrected chi connectivity index (χ0v) is 19.9. The maximum absolute atomic E-state index is 13.6. The first-order valence-corrected chi connectivity index (χ1v) is 12.3. The van der Waals surface area contributed by atoms with E-state index in [1.54, 1.807) is 24.3 Å². The number of imide groups is 1. The molecule has 0 radical (unpaired) electrons. The van der Waals surface area contributed by atoms with Gasteiger partial charge in [-0.2, -0.15) is 0 Å². The third-order valence-corrected chi connectivity index (χ3v) is 8.09. The molecule has 0 aromatic heterocycles. The zero-order chi connectivity index (χ0) is 24.3. The quantitative estimate of drug-likeness (QED) is 0.520. The highest BCUT2D eigenvalue weighted by atomic mass is 16.2. The molecule has 5 heteroatoms. The molecule has 3 amide bonds. The van der Waals surface area contributed by atoms with Crippen molar-refractivity contribution in [3.05, 3.63) is 95.1 Å². The van der Waals surface area contributed by atoms with Crippen LogP contribution in [0.15, 0.2) is 72.8 Å². The van der Waals surface area contributed by atoms with Crippen molar-refractivity contribution in [2.45, 2.75) is 32.6 Å². The summed E-state index contributed by atoms with van der Waals surface area (Å²) in [5.41, 5.74) is 5.03. The summed E-state index contributed by atoms with van der Waals surface area (Å²) in [6.45, 7) is 3.97. The predicted octanol–water partition coefficient (Wildman–Crippen LogP) is 5.48. The topological polar surface area (TPSA) is 66.5 Å². The van der Waals surface area contributed by atoms with Crippen LogP contribution in [0, 0.1) is 37.5 Å². The van der Waals surface area contributed by atoms with Gasteiger partial charge >= 0.3 is 0 Å². The van der Waals surface area contributed by atoms with Crippen molar-refractivity contribution in [2.24, 2.45) is 23.7 Å². The Labute approximate surface area is 205 Å². The summed E-state index contributed by atoms with van der Waals surface area (Å²) in [5.74, 6) is -0.211. The van der Waals surface area contributed by atoms with Gasteiger partial charge in [-0.05, 0) is 91.5 Å². The van der Waals surface area contributed by atoms with Crippen LogP contribution >= 0.6 is 0 Å². The molecule has 5 nitrogen and oxygen atoms in total. The number of benzene rings is 3. The van der Waals surface area contributed by atoms with Gasteiger partial charge in [0, 0.05) is 11.3 Å². The Kier molecular flexibility index (Phi) is 5.10. The van der Waals surface area contributed by atoms with E-state index in [2.05, 4.69) is 17.4 Å². The third-order valence-electron chi connectivity index (χ3n) is 8.09. The van der Waals surface area contributed by atoms with Crippen LogP contribution in [-0.2, 0) is 9.59 Å². The summed E-state index contributed by atoms with van der Waals surface area (Å²) in [6, 6.07) is 23.1. The molecule has 1 saturated heterocycles. The van der Waals surface area contributed by atoms with Gasteiger partial charge in [0.05, 0.1) is 17.5 Å². The van der Waals surface area contributed by atoms with Crippen LogP contribution < -0.4 is 10.2 Å². The van der Waals surface area contributed by atoms with Crippen molar-refractivity contribution in [2.75, 3.05) is 10.2 Å². The smallest absolute Gasteiger partial charge is 0.255 e. The minimum atomic E-state index is -0.265. The van der Waals surface area contributed by atoms with Crippen LogP contribution in [0.25, 0.3) is 0 Å². The average molecular weight is 465 g/mol. The number of hydrogen-bond acceptors (Lipinski definition) is 3. The SMILES string of the molecule is Cc1cc(C)cc(NC(=O)c2cccc(N3C(=O)[C@@H]4[C@@H]5C[C@@H]([C@H]4C3=O)[C@H](c3ccccc3)C5)c2)c1. The fourth-order valence-electron chi connectivity index (χ4n) is 6.83. The second-order valence-corrected chi connectivity index (χ2v) is 10.4. The molecule has 1 N–H and O–H groups in total. The molecule has 2 saturated carbocycles. The van der Waals surface area contributed by atoms with Crippen LogP contribution in [0.2, 0.25) is 0 Å². The lowest BCUT2D eigenvalue weighted by molar-refractivity contribution is -0.123. The van der Waals surface area contributed by atoms with Gasteiger partial charge in [0.25, 0.3) is 5.91 Å². The summed E-state index contributed by atoms with van der Waals surface area (Å²) in [6.07, 6.45) is 1.90. The number of rotatable bonds is 4. The summed E-state index contributed by atoms with van der Waals surface area (Å²) in [7, 11) is 0. The van der Waals surface area contributed by atoms with Gasteiger partial charge in [-0.1, -0.05) is 42.5 Å². The summed E-state index contributed by atoms with van der Waals surface area (Å²) < 4.78 is 0. The summed E-state index contributed by atoms with van der Waals surface area (Å²) >= 11 is 0. The van der Waals surface area contributed by atoms with Crippen molar-refractivity contribution in [3.63, 3.8) is 0 Å². The molecule has 0 unspecified atom stereocenters. The number of carbonyl (C=O) groups is 3. The van der Waals surface area contributed by atoms with Gasteiger partial charge in [0.2, 0.25) is 11.8 Å². The molecule has 35 heavy (non-hydrogen) atoms. The average Bonchev–Trinajstić information content (AvgIpc) is 3.50. The molecule has 3 aliphatic rings. The monoisotopic (exact) mass is 464 g/mol. The van der Waals surface area contributed by atoms with Crippen molar-refractivity contribution >= 4 is 29.1 Å². The number of carbonyl (C=O) groups excluding carboxylic acids is 3. The van der Waals surface area contributed by atoms with Crippen molar-refractivity contribution in [1.29, 1.82) is 0 Å². The molecular weight excluding hydrogens is 436 g/mol. The second-order valence-electron chi connectivity index (χ2n) is 10.4. The Balaban J connectivity index is 1.25. The number of nitrogens with one attached hydrogen (secondary N) is 1. The van der Waals surface area contributed by atoms with E-state index >= 15 is 0 Å². The maximum atomic E-state index is 13.6. The van der Waals surface area contributed by atoms with Crippen molar-refractivity contribution in [3.8, 4) is 0 Å². The van der Waals surface area contributed by atoms with E-state index in [0.717, 1.165) is 29.7 Å². The number of amides is 3. The summed E-state index contributed by atoms with van der Waals surface area (Å²) in [4.78, 5) is 41.4. The molecule has 3 fully saturated rings. The van der Waals surface area contributed by atoms with Gasteiger partial charge in [-0.3, -0.25) is 19.3 Å². The van der Waals surface area contributed by atoms with E-state index in [1.165, 1.54) is 10.5 Å². The highest BCUT2D eigenvalue weighted by Crippen LogP contribution is 2.61. The highest BCUT2D eigenvalue weighted by Gasteiger charge is 2.64. The van der Waals surface area contributed by atoms with Crippen LogP contribution in [0.4, 0.5) is 11.4 Å². The van der Waals surface area contributed by atoms with Crippen LogP contribution in [0.1, 0.15) is 45.8 Å². The zero-order valence-electron chi connectivity index (χ0n) is 19.9. The molecule has 3 aromatic rings. The van der Waals surface area contributed by atoms with Gasteiger partial charge in [0.1, 0.15) is 0 Å². The standard InChI is InChI=1S/C30H28N2O3/c1-17-11-18(2)13-22(12-17)31-28(33)20-9-6-10-23(14-20)32-29(34)26-21-15-24(19-7-4-3-5-8-19)25(16-21)27(26)30(32)35/h3-14,21,24-27H,15-16H2,1-2H3,(H,31,33)/t21-,24-,25+,26+,27+/m0/s1. The van der Waals surface area contributed by atoms with Crippen LogP contribution in [0.3, 0.4) is 0 Å². The third kappa shape index (κ3) is 3.57. The van der Waals surface area contributed by atoms with Gasteiger partial charge < -0.3 is 5.32 Å². The number of aryl methyl sites for hydroxylation is 2. The molecule has 1 aliphatic heterocycles. The Morgan fingerprint density at radius 3 is 2.29 bits per heavy atom. The molecule has 6 rings (SSSR count). The molecule has 0 spiro atoms. The normalized spacial score (nSPS) is 26.8. The fourth-order valence-corrected chi connectivity index (χ4v) is 6.83. The Morgan fingerprint density at radius 2 is 1.54 bits per heavy atom. The number of anilines is 2. The summed E-state index contributed by atoms with van der Waals surface area (Å²) in [5, 5.41) is 2.94. The lowest BCUT2D eigenvalue weighted by atomic mass is 9.73. The molecule has 2 aliphatic carbocycles. The Hall–Kier alpha value is -3.73. The van der Waals surface area contributed by atoms with E-state index in [0.29, 0.717) is 17.2 Å². The van der Waals surface area contributed by atoms with E-state index < -0.39 is 0 Å². The first kappa shape index (κ1) is 21.8. The van der Waals surface area contributed by atoms with Gasteiger partial charge in [-0.25, -0.2) is 0 Å². The van der Waals surface area contributed by atoms with Crippen molar-refractivity contribution < 1.29 is 14.4 Å². The minimum absolute atomic E-state index is 0.106. The lowest BCUT2D eigenvalue weighted by Crippen LogP contribution is -2.33. The van der Waals surface area contributed by atoms with Crippen LogP contribution in [-0.4, -0.2) is 17.7 Å². The van der Waals surface area contributed by atoms with E-state index in [-0.39, 0.29) is 41.4 Å². The van der Waals surface area contributed by atoms with Gasteiger partial charge in [-0.15, -0.1) is 0 Å². The largest absolute Gasteiger partial charge is 0.322 e. The minimum Gasteiger partial charge on any atom is -0.322 e. The van der Waals surface area contributed by atoms with E-state index in [1.807, 2.05) is 50.2 Å². The maximum Gasteiger partial charge on any atom is 0.255 e. The molecular formula is C30H28N2O3. The highest BCUT2D eigenvalue weighted by molar-refractivity contribution is 6.23. The van der Waals surface area contributed by atoms with Crippen molar-refractivity contribution in [1.82, 2.24) is 0 Å². The lowest BCUT2D eigenvalue weighted by Gasteiger charge is -2.28. The Bertz CT molecular complexity index is 1330. The van der Waals surface area contributed by atoms with E-state index in [9.17, 15) is 14.4 Å². The molecule has 3 aromatic carbocycles. The van der Waals surface area contributed by atoms with Gasteiger partial charge in [0.15, 0.2) is 0 Å². The number of fused-ring (bicyclic) bond motifs is 5. The first-order valence-electron chi connectivity index (χ1n) is 12.3.